The van der Waals surface area contributed by atoms with E-state index in [1.807, 2.05) is 11.3 Å². The summed E-state index contributed by atoms with van der Waals surface area (Å²) in [4.78, 5) is 2.84. The van der Waals surface area contributed by atoms with E-state index in [0.29, 0.717) is 0 Å². The van der Waals surface area contributed by atoms with E-state index in [1.165, 1.54) is 14.2 Å². The summed E-state index contributed by atoms with van der Waals surface area (Å²) >= 11 is 5.39. The molecule has 1 heterocycles. The number of aryl methyl sites for hydroxylation is 1. The number of thiophene rings is 1. The van der Waals surface area contributed by atoms with Crippen molar-refractivity contribution in [1.29, 1.82) is 0 Å². The monoisotopic (exact) mass is 247 g/mol. The third kappa shape index (κ3) is 2.88. The van der Waals surface area contributed by atoms with Crippen molar-refractivity contribution in [1.82, 2.24) is 5.32 Å². The minimum atomic E-state index is 1.06. The minimum absolute atomic E-state index is 1.06. The summed E-state index contributed by atoms with van der Waals surface area (Å²) < 4.78 is 1.25. The number of hydrogen-bond acceptors (Lipinski definition) is 2. The number of rotatable bonds is 4. The summed E-state index contributed by atoms with van der Waals surface area (Å²) in [7, 11) is 0. The fourth-order valence-electron chi connectivity index (χ4n) is 1.03. The Hall–Kier alpha value is 0.140. The summed E-state index contributed by atoms with van der Waals surface area (Å²) in [5, 5.41) is 3.32. The molecule has 1 aromatic rings. The molecule has 0 spiro atoms. The zero-order valence-electron chi connectivity index (χ0n) is 7.48. The van der Waals surface area contributed by atoms with Crippen LogP contribution in [0.4, 0.5) is 0 Å². The van der Waals surface area contributed by atoms with Crippen LogP contribution in [0.5, 0.6) is 0 Å². The summed E-state index contributed by atoms with van der Waals surface area (Å²) in [5.74, 6) is 0. The topological polar surface area (TPSA) is 12.0 Å². The van der Waals surface area contributed by atoms with E-state index in [1.54, 1.807) is 0 Å². The zero-order chi connectivity index (χ0) is 8.97. The van der Waals surface area contributed by atoms with Crippen LogP contribution in [0, 0.1) is 6.92 Å². The van der Waals surface area contributed by atoms with Gasteiger partial charge in [-0.3, -0.25) is 0 Å². The van der Waals surface area contributed by atoms with Gasteiger partial charge in [0.2, 0.25) is 0 Å². The lowest BCUT2D eigenvalue weighted by molar-refractivity contribution is 0.721. The Labute approximate surface area is 86.3 Å². The van der Waals surface area contributed by atoms with Gasteiger partial charge in [0.1, 0.15) is 0 Å². The molecule has 0 bridgehead atoms. The molecule has 12 heavy (non-hydrogen) atoms. The van der Waals surface area contributed by atoms with Gasteiger partial charge in [0.05, 0.1) is 0 Å². The first kappa shape index (κ1) is 10.2. The lowest BCUT2D eigenvalue weighted by atomic mass is 10.3. The minimum Gasteiger partial charge on any atom is -0.317 e. The fourth-order valence-corrected chi connectivity index (χ4v) is 2.63. The Bertz CT molecular complexity index is 225. The normalized spacial score (nSPS) is 10.6. The molecule has 1 N–H and O–H groups in total. The Balaban J connectivity index is 2.42. The summed E-state index contributed by atoms with van der Waals surface area (Å²) in [6, 6.07) is 2.22. The van der Waals surface area contributed by atoms with Gasteiger partial charge >= 0.3 is 0 Å². The van der Waals surface area contributed by atoms with E-state index in [0.717, 1.165) is 19.5 Å². The highest BCUT2D eigenvalue weighted by atomic mass is 79.9. The van der Waals surface area contributed by atoms with Gasteiger partial charge < -0.3 is 5.32 Å². The molecular weight excluding hydrogens is 234 g/mol. The lowest BCUT2D eigenvalue weighted by Gasteiger charge is -1.97. The molecule has 0 amide bonds. The highest BCUT2D eigenvalue weighted by Crippen LogP contribution is 2.26. The molecule has 0 aliphatic rings. The molecule has 1 nitrogen and oxygen atoms in total. The molecular formula is C9H14BrNS. The second-order valence-corrected chi connectivity index (χ2v) is 4.92. The second-order valence-electron chi connectivity index (χ2n) is 2.72. The van der Waals surface area contributed by atoms with Crippen molar-refractivity contribution in [2.24, 2.45) is 0 Å². The smallest absolute Gasteiger partial charge is 0.0314 e. The Kier molecular flexibility index (Phi) is 4.26. The quantitative estimate of drug-likeness (QED) is 0.808. The van der Waals surface area contributed by atoms with Crippen molar-refractivity contribution in [3.8, 4) is 0 Å². The molecule has 3 heteroatoms. The van der Waals surface area contributed by atoms with E-state index in [4.69, 9.17) is 0 Å². The third-order valence-electron chi connectivity index (χ3n) is 1.71. The third-order valence-corrected chi connectivity index (χ3v) is 3.90. The predicted molar refractivity (Wildman–Crippen MR) is 59.0 cm³/mol. The van der Waals surface area contributed by atoms with E-state index in [2.05, 4.69) is 41.2 Å². The van der Waals surface area contributed by atoms with Crippen LogP contribution in [0.2, 0.25) is 0 Å². The van der Waals surface area contributed by atoms with Crippen molar-refractivity contribution in [2.75, 3.05) is 13.1 Å². The molecule has 0 saturated carbocycles. The van der Waals surface area contributed by atoms with Crippen molar-refractivity contribution in [3.05, 3.63) is 20.3 Å². The number of likely N-dealkylation sites (N-methyl/N-ethyl adjacent to an activating group) is 1. The van der Waals surface area contributed by atoms with Crippen LogP contribution in [0.1, 0.15) is 16.7 Å². The predicted octanol–water partition coefficient (Wildman–Crippen LogP) is 2.97. The molecule has 0 atom stereocenters. The SMILES string of the molecule is CCNCCc1cc(Br)c(C)s1. The molecule has 0 aliphatic heterocycles. The van der Waals surface area contributed by atoms with Crippen LogP contribution in [-0.2, 0) is 6.42 Å². The van der Waals surface area contributed by atoms with Gasteiger partial charge in [-0.05, 0) is 48.4 Å². The van der Waals surface area contributed by atoms with Gasteiger partial charge in [0, 0.05) is 14.2 Å². The van der Waals surface area contributed by atoms with Crippen molar-refractivity contribution >= 4 is 27.3 Å². The van der Waals surface area contributed by atoms with E-state index >= 15 is 0 Å². The maximum atomic E-state index is 3.52. The molecule has 68 valence electrons. The van der Waals surface area contributed by atoms with E-state index in [9.17, 15) is 0 Å². The molecule has 0 radical (unpaired) electrons. The van der Waals surface area contributed by atoms with Gasteiger partial charge in [-0.25, -0.2) is 0 Å². The molecule has 1 rings (SSSR count). The van der Waals surface area contributed by atoms with Gasteiger partial charge in [-0.15, -0.1) is 11.3 Å². The largest absolute Gasteiger partial charge is 0.317 e. The molecule has 0 aromatic carbocycles. The second kappa shape index (κ2) is 5.00. The van der Waals surface area contributed by atoms with Crippen LogP contribution in [0.15, 0.2) is 10.5 Å². The first-order valence-corrected chi connectivity index (χ1v) is 5.80. The lowest BCUT2D eigenvalue weighted by Crippen LogP contribution is -2.15. The number of nitrogens with one attached hydrogen (secondary N) is 1. The van der Waals surface area contributed by atoms with Crippen molar-refractivity contribution in [2.45, 2.75) is 20.3 Å². The fraction of sp³-hybridized carbons (Fsp3) is 0.556. The van der Waals surface area contributed by atoms with Crippen LogP contribution >= 0.6 is 27.3 Å². The number of hydrogen-bond donors (Lipinski definition) is 1. The zero-order valence-corrected chi connectivity index (χ0v) is 9.89. The Morgan fingerprint density at radius 1 is 1.58 bits per heavy atom. The molecule has 0 unspecified atom stereocenters. The summed E-state index contributed by atoms with van der Waals surface area (Å²) in [6.07, 6.45) is 1.14. The maximum Gasteiger partial charge on any atom is 0.0314 e. The van der Waals surface area contributed by atoms with Crippen molar-refractivity contribution < 1.29 is 0 Å². The molecule has 0 fully saturated rings. The summed E-state index contributed by atoms with van der Waals surface area (Å²) in [5.41, 5.74) is 0. The molecule has 1 aromatic heterocycles. The standard InChI is InChI=1S/C9H14BrNS/c1-3-11-5-4-8-6-9(10)7(2)12-8/h6,11H,3-5H2,1-2H3. The highest BCUT2D eigenvalue weighted by Gasteiger charge is 2.01. The highest BCUT2D eigenvalue weighted by molar-refractivity contribution is 9.10. The first-order valence-electron chi connectivity index (χ1n) is 4.19. The molecule has 0 saturated heterocycles. The number of halogens is 1. The van der Waals surface area contributed by atoms with Crippen LogP contribution < -0.4 is 5.32 Å². The van der Waals surface area contributed by atoms with Crippen LogP contribution in [0.3, 0.4) is 0 Å². The van der Waals surface area contributed by atoms with E-state index < -0.39 is 0 Å². The molecule has 0 aliphatic carbocycles. The summed E-state index contributed by atoms with van der Waals surface area (Å²) in [6.45, 7) is 6.43. The van der Waals surface area contributed by atoms with Crippen molar-refractivity contribution in [3.63, 3.8) is 0 Å². The average Bonchev–Trinajstić information content (AvgIpc) is 2.32. The average molecular weight is 248 g/mol. The van der Waals surface area contributed by atoms with Gasteiger partial charge in [-0.1, -0.05) is 6.92 Å². The Morgan fingerprint density at radius 2 is 2.33 bits per heavy atom. The van der Waals surface area contributed by atoms with Gasteiger partial charge in [-0.2, -0.15) is 0 Å². The maximum absolute atomic E-state index is 3.52. The first-order chi connectivity index (χ1) is 5.74. The van der Waals surface area contributed by atoms with Crippen LogP contribution in [-0.4, -0.2) is 13.1 Å². The van der Waals surface area contributed by atoms with Crippen LogP contribution in [0.25, 0.3) is 0 Å². The van der Waals surface area contributed by atoms with E-state index in [-0.39, 0.29) is 0 Å². The van der Waals surface area contributed by atoms with Gasteiger partial charge in [0.15, 0.2) is 0 Å². The Morgan fingerprint density at radius 3 is 2.83 bits per heavy atom. The van der Waals surface area contributed by atoms with Gasteiger partial charge in [0.25, 0.3) is 0 Å².